The topological polar surface area (TPSA) is 0 Å². The maximum absolute atomic E-state index is 3.50. The molecule has 0 heterocycles. The second-order valence-corrected chi connectivity index (χ2v) is 8.28. The number of hydrogen-bond acceptors (Lipinski definition) is 0. The van der Waals surface area contributed by atoms with Crippen LogP contribution < -0.4 is 0 Å². The molecule has 0 amide bonds. The van der Waals surface area contributed by atoms with Crippen LogP contribution in [-0.2, 0) is 0 Å². The zero-order valence-corrected chi connectivity index (χ0v) is 15.0. The Hall–Kier alpha value is 0.440. The highest BCUT2D eigenvalue weighted by atomic mass is 79.9. The minimum Gasteiger partial charge on any atom is -0.331 e. The van der Waals surface area contributed by atoms with Gasteiger partial charge in [-0.3, -0.25) is 0 Å². The van der Waals surface area contributed by atoms with Crippen molar-refractivity contribution >= 4 is 15.9 Å². The lowest BCUT2D eigenvalue weighted by molar-refractivity contribution is -0.870. The molecule has 0 aliphatic heterocycles. The van der Waals surface area contributed by atoms with E-state index in [-0.39, 0.29) is 0 Å². The van der Waals surface area contributed by atoms with Crippen LogP contribution in [0.4, 0.5) is 0 Å². The molecule has 0 saturated carbocycles. The molecule has 1 nitrogen and oxygen atoms in total. The van der Waals surface area contributed by atoms with E-state index in [1.54, 1.807) is 0 Å². The Bertz CT molecular complexity index is 194. The van der Waals surface area contributed by atoms with Crippen LogP contribution in [0, 0.1) is 5.41 Å². The molecule has 0 atom stereocenters. The van der Waals surface area contributed by atoms with Gasteiger partial charge in [-0.1, -0.05) is 49.0 Å². The average molecular weight is 321 g/mol. The fourth-order valence-electron chi connectivity index (χ4n) is 2.37. The standard InChI is InChI=1S/C16H35BrN/c1-16(2,12-8-6-10-14-17)13-9-7-11-15-18(3,4)5/h6-15H2,1-5H3/q+1. The quantitative estimate of drug-likeness (QED) is 0.277. The van der Waals surface area contributed by atoms with Crippen molar-refractivity contribution in [1.29, 1.82) is 0 Å². The molecule has 0 aliphatic rings. The smallest absolute Gasteiger partial charge is 0.0780 e. The molecule has 0 spiro atoms. The van der Waals surface area contributed by atoms with Gasteiger partial charge in [0.1, 0.15) is 0 Å². The van der Waals surface area contributed by atoms with Crippen LogP contribution >= 0.6 is 15.9 Å². The van der Waals surface area contributed by atoms with Crippen molar-refractivity contribution < 1.29 is 4.48 Å². The normalized spacial score (nSPS) is 13.0. The number of rotatable bonds is 11. The predicted octanol–water partition coefficient (Wildman–Crippen LogP) is 5.23. The summed E-state index contributed by atoms with van der Waals surface area (Å²) < 4.78 is 1.11. The van der Waals surface area contributed by atoms with Crippen LogP contribution in [0.1, 0.15) is 65.2 Å². The number of nitrogens with zero attached hydrogens (tertiary/aromatic N) is 1. The summed E-state index contributed by atoms with van der Waals surface area (Å²) in [5.74, 6) is 0. The first-order valence-corrected chi connectivity index (χ1v) is 8.75. The summed E-state index contributed by atoms with van der Waals surface area (Å²) in [6.07, 6.45) is 11.1. The molecule has 0 fully saturated rings. The summed E-state index contributed by atoms with van der Waals surface area (Å²) >= 11 is 3.50. The molecular weight excluding hydrogens is 286 g/mol. The first-order valence-electron chi connectivity index (χ1n) is 7.63. The van der Waals surface area contributed by atoms with Crippen molar-refractivity contribution in [3.05, 3.63) is 0 Å². The van der Waals surface area contributed by atoms with Crippen molar-refractivity contribution in [2.75, 3.05) is 33.0 Å². The minimum atomic E-state index is 0.558. The largest absolute Gasteiger partial charge is 0.331 e. The van der Waals surface area contributed by atoms with Crippen LogP contribution in [0.2, 0.25) is 0 Å². The van der Waals surface area contributed by atoms with Gasteiger partial charge in [-0.2, -0.15) is 0 Å². The SMILES string of the molecule is CC(C)(CCCCCBr)CCCCC[N+](C)(C)C. The second-order valence-electron chi connectivity index (χ2n) is 7.49. The van der Waals surface area contributed by atoms with Crippen LogP contribution in [0.5, 0.6) is 0 Å². The van der Waals surface area contributed by atoms with Gasteiger partial charge in [-0.05, 0) is 37.5 Å². The van der Waals surface area contributed by atoms with Gasteiger partial charge >= 0.3 is 0 Å². The molecule has 0 saturated heterocycles. The Balaban J connectivity index is 3.52. The first kappa shape index (κ1) is 18.4. The lowest BCUT2D eigenvalue weighted by atomic mass is 9.82. The van der Waals surface area contributed by atoms with Crippen molar-refractivity contribution in [1.82, 2.24) is 0 Å². The van der Waals surface area contributed by atoms with E-state index in [9.17, 15) is 0 Å². The summed E-state index contributed by atoms with van der Waals surface area (Å²) in [6.45, 7) is 6.20. The highest BCUT2D eigenvalue weighted by molar-refractivity contribution is 9.09. The van der Waals surface area contributed by atoms with Gasteiger partial charge in [0.2, 0.25) is 0 Å². The Morgan fingerprint density at radius 2 is 1.28 bits per heavy atom. The summed E-state index contributed by atoms with van der Waals surface area (Å²) in [5, 5.41) is 1.17. The monoisotopic (exact) mass is 320 g/mol. The molecule has 18 heavy (non-hydrogen) atoms. The zero-order chi connectivity index (χ0) is 14.1. The Morgan fingerprint density at radius 1 is 0.778 bits per heavy atom. The fourth-order valence-corrected chi connectivity index (χ4v) is 2.76. The molecule has 0 rings (SSSR count). The van der Waals surface area contributed by atoms with E-state index >= 15 is 0 Å². The lowest BCUT2D eigenvalue weighted by Crippen LogP contribution is -2.35. The average Bonchev–Trinajstić information content (AvgIpc) is 2.22. The van der Waals surface area contributed by atoms with E-state index < -0.39 is 0 Å². The maximum atomic E-state index is 3.50. The highest BCUT2D eigenvalue weighted by Gasteiger charge is 2.16. The van der Waals surface area contributed by atoms with Gasteiger partial charge in [-0.25, -0.2) is 0 Å². The van der Waals surface area contributed by atoms with Crippen molar-refractivity contribution in [3.8, 4) is 0 Å². The molecular formula is C16H35BrN+. The predicted molar refractivity (Wildman–Crippen MR) is 87.4 cm³/mol. The van der Waals surface area contributed by atoms with E-state index in [0.29, 0.717) is 5.41 Å². The highest BCUT2D eigenvalue weighted by Crippen LogP contribution is 2.30. The molecule has 0 radical (unpaired) electrons. The van der Waals surface area contributed by atoms with Crippen molar-refractivity contribution in [3.63, 3.8) is 0 Å². The summed E-state index contributed by atoms with van der Waals surface area (Å²) in [6, 6.07) is 0. The van der Waals surface area contributed by atoms with E-state index in [1.807, 2.05) is 0 Å². The first-order chi connectivity index (χ1) is 8.27. The fraction of sp³-hybridized carbons (Fsp3) is 1.00. The van der Waals surface area contributed by atoms with Gasteiger partial charge in [0.05, 0.1) is 27.7 Å². The molecule has 0 aromatic heterocycles. The number of unbranched alkanes of at least 4 members (excludes halogenated alkanes) is 4. The molecule has 0 aromatic rings. The maximum Gasteiger partial charge on any atom is 0.0780 e. The molecule has 0 N–H and O–H groups in total. The number of quaternary nitrogens is 1. The van der Waals surface area contributed by atoms with Crippen LogP contribution in [-0.4, -0.2) is 37.5 Å². The van der Waals surface area contributed by atoms with E-state index in [1.165, 1.54) is 63.2 Å². The molecule has 110 valence electrons. The number of alkyl halides is 1. The van der Waals surface area contributed by atoms with Gasteiger partial charge in [0, 0.05) is 5.33 Å². The third kappa shape index (κ3) is 12.9. The molecule has 2 heteroatoms. The van der Waals surface area contributed by atoms with Crippen LogP contribution in [0.25, 0.3) is 0 Å². The second kappa shape index (κ2) is 9.36. The minimum absolute atomic E-state index is 0.558. The number of hydrogen-bond donors (Lipinski definition) is 0. The third-order valence-corrected chi connectivity index (χ3v) is 4.23. The van der Waals surface area contributed by atoms with E-state index in [4.69, 9.17) is 0 Å². The van der Waals surface area contributed by atoms with Gasteiger partial charge in [-0.15, -0.1) is 0 Å². The van der Waals surface area contributed by atoms with Gasteiger partial charge in [0.25, 0.3) is 0 Å². The Kier molecular flexibility index (Phi) is 9.59. The van der Waals surface area contributed by atoms with Crippen molar-refractivity contribution in [2.24, 2.45) is 5.41 Å². The van der Waals surface area contributed by atoms with Crippen LogP contribution in [0.3, 0.4) is 0 Å². The van der Waals surface area contributed by atoms with Crippen molar-refractivity contribution in [2.45, 2.75) is 65.2 Å². The molecule has 0 bridgehead atoms. The van der Waals surface area contributed by atoms with Crippen LogP contribution in [0.15, 0.2) is 0 Å². The molecule has 0 aromatic carbocycles. The summed E-state index contributed by atoms with van der Waals surface area (Å²) in [5.41, 5.74) is 0.558. The third-order valence-electron chi connectivity index (χ3n) is 3.67. The lowest BCUT2D eigenvalue weighted by Gasteiger charge is -2.26. The molecule has 0 unspecified atom stereocenters. The summed E-state index contributed by atoms with van der Waals surface area (Å²) in [4.78, 5) is 0. The number of halogens is 1. The zero-order valence-electron chi connectivity index (χ0n) is 13.4. The molecule has 0 aliphatic carbocycles. The Labute approximate surface area is 124 Å². The summed E-state index contributed by atoms with van der Waals surface area (Å²) in [7, 11) is 6.86. The van der Waals surface area contributed by atoms with Gasteiger partial charge in [0.15, 0.2) is 0 Å². The van der Waals surface area contributed by atoms with E-state index in [0.717, 1.165) is 4.48 Å². The van der Waals surface area contributed by atoms with Gasteiger partial charge < -0.3 is 4.48 Å². The Morgan fingerprint density at radius 3 is 1.72 bits per heavy atom. The van der Waals surface area contributed by atoms with E-state index in [2.05, 4.69) is 50.9 Å².